The van der Waals surface area contributed by atoms with Gasteiger partial charge in [-0.3, -0.25) is 4.79 Å². The van der Waals surface area contributed by atoms with Gasteiger partial charge < -0.3 is 10.1 Å². The molecule has 0 unspecified atom stereocenters. The van der Waals surface area contributed by atoms with E-state index in [0.717, 1.165) is 28.1 Å². The lowest BCUT2D eigenvalue weighted by atomic mass is 10.0. The fourth-order valence-corrected chi connectivity index (χ4v) is 2.59. The van der Waals surface area contributed by atoms with Crippen molar-refractivity contribution in [3.8, 4) is 5.75 Å². The van der Waals surface area contributed by atoms with Crippen LogP contribution >= 0.6 is 11.6 Å². The van der Waals surface area contributed by atoms with Crippen LogP contribution in [0.2, 0.25) is 5.02 Å². The van der Waals surface area contributed by atoms with Gasteiger partial charge in [0, 0.05) is 5.02 Å². The highest BCUT2D eigenvalue weighted by Crippen LogP contribution is 2.25. The Morgan fingerprint density at radius 2 is 1.78 bits per heavy atom. The van der Waals surface area contributed by atoms with Gasteiger partial charge in [-0.25, -0.2) is 0 Å². The molecule has 2 rings (SSSR count). The van der Waals surface area contributed by atoms with Crippen molar-refractivity contribution >= 4 is 17.5 Å². The summed E-state index contributed by atoms with van der Waals surface area (Å²) in [5.74, 6) is 0.526. The molecule has 0 fully saturated rings. The number of benzene rings is 2. The highest BCUT2D eigenvalue weighted by molar-refractivity contribution is 6.32. The van der Waals surface area contributed by atoms with Crippen molar-refractivity contribution in [2.45, 2.75) is 33.2 Å². The molecule has 0 radical (unpaired) electrons. The van der Waals surface area contributed by atoms with Gasteiger partial charge in [0.1, 0.15) is 5.75 Å². The summed E-state index contributed by atoms with van der Waals surface area (Å²) >= 11 is 6.13. The number of hydrogen-bond donors (Lipinski definition) is 1. The average molecular weight is 332 g/mol. The van der Waals surface area contributed by atoms with Crippen LogP contribution in [0.1, 0.15) is 36.1 Å². The molecule has 0 saturated carbocycles. The molecule has 0 aliphatic rings. The van der Waals surface area contributed by atoms with Crippen molar-refractivity contribution in [2.24, 2.45) is 0 Å². The van der Waals surface area contributed by atoms with Crippen molar-refractivity contribution in [1.29, 1.82) is 0 Å². The number of rotatable bonds is 6. The van der Waals surface area contributed by atoms with E-state index in [-0.39, 0.29) is 18.6 Å². The van der Waals surface area contributed by atoms with Crippen molar-refractivity contribution in [1.82, 2.24) is 5.32 Å². The SMILES string of the molecule is CC[C@@H](NC(=O)COc1cc(C)c(Cl)c(C)c1)c1ccccc1. The summed E-state index contributed by atoms with van der Waals surface area (Å²) in [6, 6.07) is 13.6. The maximum atomic E-state index is 12.1. The van der Waals surface area contributed by atoms with Crippen molar-refractivity contribution < 1.29 is 9.53 Å². The van der Waals surface area contributed by atoms with E-state index in [2.05, 4.69) is 5.32 Å². The van der Waals surface area contributed by atoms with Crippen LogP contribution in [-0.2, 0) is 4.79 Å². The Labute approximate surface area is 142 Å². The molecule has 0 aromatic heterocycles. The van der Waals surface area contributed by atoms with E-state index in [1.807, 2.05) is 63.2 Å². The molecule has 23 heavy (non-hydrogen) atoms. The first-order chi connectivity index (χ1) is 11.0. The Hall–Kier alpha value is -2.00. The standard InChI is InChI=1S/C19H22ClNO2/c1-4-17(15-8-6-5-7-9-15)21-18(22)12-23-16-10-13(2)19(20)14(3)11-16/h5-11,17H,4,12H2,1-3H3,(H,21,22)/t17-/m1/s1. The van der Waals surface area contributed by atoms with Crippen LogP contribution in [-0.4, -0.2) is 12.5 Å². The summed E-state index contributed by atoms with van der Waals surface area (Å²) in [6.07, 6.45) is 0.828. The smallest absolute Gasteiger partial charge is 0.258 e. The molecule has 2 aromatic carbocycles. The highest BCUT2D eigenvalue weighted by Gasteiger charge is 2.13. The van der Waals surface area contributed by atoms with Gasteiger partial charge in [0.25, 0.3) is 5.91 Å². The Balaban J connectivity index is 1.94. The van der Waals surface area contributed by atoms with Crippen LogP contribution in [0, 0.1) is 13.8 Å². The maximum absolute atomic E-state index is 12.1. The molecule has 0 bridgehead atoms. The van der Waals surface area contributed by atoms with Crippen LogP contribution in [0.3, 0.4) is 0 Å². The molecule has 0 spiro atoms. The molecule has 0 aliphatic heterocycles. The summed E-state index contributed by atoms with van der Waals surface area (Å²) in [4.78, 5) is 12.1. The Kier molecular flexibility index (Phi) is 6.05. The second kappa shape index (κ2) is 8.02. The fraction of sp³-hybridized carbons (Fsp3) is 0.316. The van der Waals surface area contributed by atoms with Crippen LogP contribution in [0.15, 0.2) is 42.5 Å². The van der Waals surface area contributed by atoms with E-state index < -0.39 is 0 Å². The first kappa shape index (κ1) is 17.4. The molecule has 1 atom stereocenters. The molecule has 4 heteroatoms. The Bertz CT molecular complexity index is 647. The lowest BCUT2D eigenvalue weighted by Gasteiger charge is -2.18. The average Bonchev–Trinajstić information content (AvgIpc) is 2.56. The van der Waals surface area contributed by atoms with Gasteiger partial charge in [-0.2, -0.15) is 0 Å². The maximum Gasteiger partial charge on any atom is 0.258 e. The number of ether oxygens (including phenoxy) is 1. The Morgan fingerprint density at radius 3 is 2.35 bits per heavy atom. The van der Waals surface area contributed by atoms with E-state index in [4.69, 9.17) is 16.3 Å². The van der Waals surface area contributed by atoms with Gasteiger partial charge in [0.15, 0.2) is 6.61 Å². The fourth-order valence-electron chi connectivity index (χ4n) is 2.48. The van der Waals surface area contributed by atoms with E-state index in [1.165, 1.54) is 0 Å². The summed E-state index contributed by atoms with van der Waals surface area (Å²) in [5, 5.41) is 3.74. The van der Waals surface area contributed by atoms with E-state index >= 15 is 0 Å². The summed E-state index contributed by atoms with van der Waals surface area (Å²) in [6.45, 7) is 5.88. The summed E-state index contributed by atoms with van der Waals surface area (Å²) < 4.78 is 5.60. The quantitative estimate of drug-likeness (QED) is 0.839. The zero-order valence-corrected chi connectivity index (χ0v) is 14.5. The molecule has 0 saturated heterocycles. The first-order valence-electron chi connectivity index (χ1n) is 7.75. The molecule has 0 aliphatic carbocycles. The first-order valence-corrected chi connectivity index (χ1v) is 8.13. The predicted molar refractivity (Wildman–Crippen MR) is 94.0 cm³/mol. The third kappa shape index (κ3) is 4.73. The number of halogens is 1. The second-order valence-corrected chi connectivity index (χ2v) is 5.98. The third-order valence-corrected chi connectivity index (χ3v) is 4.32. The van der Waals surface area contributed by atoms with E-state index in [9.17, 15) is 4.79 Å². The number of nitrogens with one attached hydrogen (secondary N) is 1. The van der Waals surface area contributed by atoms with Crippen LogP contribution in [0.5, 0.6) is 5.75 Å². The van der Waals surface area contributed by atoms with Gasteiger partial charge in [-0.1, -0.05) is 48.9 Å². The summed E-state index contributed by atoms with van der Waals surface area (Å²) in [5.41, 5.74) is 2.98. The number of hydrogen-bond acceptors (Lipinski definition) is 2. The van der Waals surface area contributed by atoms with E-state index in [1.54, 1.807) is 0 Å². The number of aryl methyl sites for hydroxylation is 2. The van der Waals surface area contributed by atoms with Gasteiger partial charge >= 0.3 is 0 Å². The zero-order chi connectivity index (χ0) is 16.8. The molecule has 122 valence electrons. The molecule has 3 nitrogen and oxygen atoms in total. The van der Waals surface area contributed by atoms with Gasteiger partial charge in [-0.05, 0) is 49.1 Å². The van der Waals surface area contributed by atoms with Crippen LogP contribution < -0.4 is 10.1 Å². The largest absolute Gasteiger partial charge is 0.484 e. The van der Waals surface area contributed by atoms with Gasteiger partial charge in [0.05, 0.1) is 6.04 Å². The molecule has 1 N–H and O–H groups in total. The molecule has 2 aromatic rings. The molecule has 0 heterocycles. The minimum absolute atomic E-state index is 0.000917. The number of amides is 1. The number of carbonyl (C=O) groups excluding carboxylic acids is 1. The van der Waals surface area contributed by atoms with E-state index in [0.29, 0.717) is 5.75 Å². The Morgan fingerprint density at radius 1 is 1.17 bits per heavy atom. The third-order valence-electron chi connectivity index (χ3n) is 3.73. The lowest BCUT2D eigenvalue weighted by molar-refractivity contribution is -0.123. The minimum atomic E-state index is -0.133. The predicted octanol–water partition coefficient (Wildman–Crippen LogP) is 4.60. The second-order valence-electron chi connectivity index (χ2n) is 5.60. The van der Waals surface area contributed by atoms with Crippen molar-refractivity contribution in [3.63, 3.8) is 0 Å². The van der Waals surface area contributed by atoms with Crippen LogP contribution in [0.25, 0.3) is 0 Å². The zero-order valence-electron chi connectivity index (χ0n) is 13.7. The topological polar surface area (TPSA) is 38.3 Å². The highest BCUT2D eigenvalue weighted by atomic mass is 35.5. The molecular formula is C19H22ClNO2. The molecular weight excluding hydrogens is 310 g/mol. The minimum Gasteiger partial charge on any atom is -0.484 e. The monoisotopic (exact) mass is 331 g/mol. The molecule has 1 amide bonds. The summed E-state index contributed by atoms with van der Waals surface area (Å²) in [7, 11) is 0. The lowest BCUT2D eigenvalue weighted by Crippen LogP contribution is -2.32. The van der Waals surface area contributed by atoms with Crippen LogP contribution in [0.4, 0.5) is 0 Å². The van der Waals surface area contributed by atoms with Gasteiger partial charge in [0.2, 0.25) is 0 Å². The van der Waals surface area contributed by atoms with Gasteiger partial charge in [-0.15, -0.1) is 0 Å². The normalized spacial score (nSPS) is 11.8. The van der Waals surface area contributed by atoms with Crippen molar-refractivity contribution in [3.05, 3.63) is 64.2 Å². The number of carbonyl (C=O) groups is 1. The van der Waals surface area contributed by atoms with Crippen molar-refractivity contribution in [2.75, 3.05) is 6.61 Å².